The second kappa shape index (κ2) is 15.4. The fourth-order valence-corrected chi connectivity index (χ4v) is 9.56. The lowest BCUT2D eigenvalue weighted by atomic mass is 9.63. The summed E-state index contributed by atoms with van der Waals surface area (Å²) in [5.41, 5.74) is -0.512. The summed E-state index contributed by atoms with van der Waals surface area (Å²) < 4.78 is 0. The van der Waals surface area contributed by atoms with Gasteiger partial charge in [-0.05, 0) is 61.8 Å². The summed E-state index contributed by atoms with van der Waals surface area (Å²) in [5.74, 6) is -3.74. The number of Topliss-reactive ketones (excluding diaryl/α,β-unsaturated/α-hetero) is 1. The Morgan fingerprint density at radius 1 is 0.981 bits per heavy atom. The van der Waals surface area contributed by atoms with Crippen molar-refractivity contribution in [3.05, 3.63) is 60.2 Å². The van der Waals surface area contributed by atoms with Crippen molar-refractivity contribution in [3.63, 3.8) is 0 Å². The first-order valence-electron chi connectivity index (χ1n) is 19.1. The number of hydrogen-bond acceptors (Lipinski definition) is 8. The minimum absolute atomic E-state index is 0.0471. The third kappa shape index (κ3) is 7.44. The maximum absolute atomic E-state index is 14.7. The number of likely N-dealkylation sites (tertiary alicyclic amines) is 1. The Labute approximate surface area is 311 Å². The summed E-state index contributed by atoms with van der Waals surface area (Å²) in [4.78, 5) is 93.2. The highest BCUT2D eigenvalue weighted by molar-refractivity contribution is 6.39. The van der Waals surface area contributed by atoms with E-state index < -0.39 is 70.5 Å². The molecule has 1 aromatic heterocycles. The fraction of sp³-hybridized carbons (Fsp3) is 0.600. The van der Waals surface area contributed by atoms with E-state index in [-0.39, 0.29) is 29.4 Å². The molecule has 6 rings (SSSR count). The first kappa shape index (κ1) is 38.1. The van der Waals surface area contributed by atoms with Crippen LogP contribution in [0, 0.1) is 28.6 Å². The zero-order valence-electron chi connectivity index (χ0n) is 31.4. The average molecular weight is 728 g/mol. The second-order valence-corrected chi connectivity index (χ2v) is 16.5. The van der Waals surface area contributed by atoms with Crippen LogP contribution >= 0.6 is 0 Å². The molecule has 1 aromatic carbocycles. The molecule has 0 bridgehead atoms. The number of benzene rings is 1. The normalized spacial score (nSPS) is 27.1. The van der Waals surface area contributed by atoms with Gasteiger partial charge in [-0.15, -0.1) is 0 Å². The van der Waals surface area contributed by atoms with Gasteiger partial charge in [0.25, 0.3) is 11.8 Å². The van der Waals surface area contributed by atoms with Crippen LogP contribution in [0.2, 0.25) is 0 Å². The smallest absolute Gasteiger partial charge is 0.290 e. The molecule has 0 spiro atoms. The number of piperidine rings is 1. The fourth-order valence-electron chi connectivity index (χ4n) is 9.56. The van der Waals surface area contributed by atoms with Gasteiger partial charge in [-0.1, -0.05) is 77.3 Å². The Balaban J connectivity index is 1.22. The molecule has 3 heterocycles. The zero-order valence-corrected chi connectivity index (χ0v) is 31.4. The van der Waals surface area contributed by atoms with Crippen molar-refractivity contribution in [3.8, 4) is 0 Å². The summed E-state index contributed by atoms with van der Waals surface area (Å²) in [7, 11) is 0. The van der Waals surface area contributed by atoms with Crippen molar-refractivity contribution < 1.29 is 28.8 Å². The topological polar surface area (TPSA) is 180 Å². The van der Waals surface area contributed by atoms with E-state index in [0.29, 0.717) is 25.8 Å². The number of nitrogens with one attached hydrogen (secondary N) is 4. The lowest BCUT2D eigenvalue weighted by Crippen LogP contribution is -2.69. The van der Waals surface area contributed by atoms with Gasteiger partial charge in [-0.2, -0.15) is 0 Å². The second-order valence-electron chi connectivity index (χ2n) is 16.5. The third-order valence-electron chi connectivity index (χ3n) is 12.3. The molecule has 284 valence electrons. The van der Waals surface area contributed by atoms with Crippen molar-refractivity contribution in [2.24, 2.45) is 28.6 Å². The Morgan fingerprint density at radius 2 is 1.70 bits per heavy atom. The maximum Gasteiger partial charge on any atom is 0.290 e. The summed E-state index contributed by atoms with van der Waals surface area (Å²) in [6.07, 6.45) is 10.5. The average Bonchev–Trinajstić information content (AvgIpc) is 3.74. The number of aromatic nitrogens is 2. The van der Waals surface area contributed by atoms with Gasteiger partial charge in [-0.3, -0.25) is 33.8 Å². The van der Waals surface area contributed by atoms with Crippen molar-refractivity contribution in [1.82, 2.24) is 36.1 Å². The van der Waals surface area contributed by atoms with Crippen LogP contribution in [-0.4, -0.2) is 80.9 Å². The van der Waals surface area contributed by atoms with E-state index in [1.165, 1.54) is 18.6 Å². The minimum Gasteiger partial charge on any atom is -0.343 e. The molecule has 4 fully saturated rings. The van der Waals surface area contributed by atoms with E-state index in [4.69, 9.17) is 0 Å². The molecule has 2 unspecified atom stereocenters. The summed E-state index contributed by atoms with van der Waals surface area (Å²) >= 11 is 0. The SMILES string of the molecule is CCC12CC[C@H]3CN(C(=O)[C@@H](NC(=O)[C@@H](NC(=O)c4cnccn4)C4CCCCC4)C(C)(C)C)[C@H](C(=O)NC1C(=O)C(=O)N[C@@H](C)c1ccccc1)[C@H]32. The molecule has 13 nitrogen and oxygen atoms in total. The highest BCUT2D eigenvalue weighted by Crippen LogP contribution is 2.59. The number of carbonyl (C=O) groups excluding carboxylic acids is 6. The molecule has 4 aliphatic rings. The van der Waals surface area contributed by atoms with Crippen LogP contribution < -0.4 is 21.3 Å². The molecule has 2 aromatic rings. The molecular formula is C40H53N7O6. The quantitative estimate of drug-likeness (QED) is 0.255. The van der Waals surface area contributed by atoms with Crippen LogP contribution in [0.15, 0.2) is 48.9 Å². The standard InChI is InChI=1S/C40H53N7O6/c1-6-40-18-17-26-22-47(30(28(26)40)36(51)45-32(40)31(48)37(52)43-23(2)24-13-9-7-10-14-24)38(53)33(39(3,4)5)46-35(50)29(25-15-11-8-12-16-25)44-34(49)27-21-41-19-20-42-27/h7,9-10,13-14,19-21,23,25-26,28-30,32-33H,6,8,11-12,15-18,22H2,1-5H3,(H,43,52)(H,44,49)(H,45,51)(H,46,50)/t23-,26-,28-,29-,30-,32?,33+,40?/m0/s1. The number of amides is 5. The molecule has 2 aliphatic heterocycles. The van der Waals surface area contributed by atoms with Crippen LogP contribution in [0.1, 0.15) is 108 Å². The highest BCUT2D eigenvalue weighted by Gasteiger charge is 2.67. The first-order chi connectivity index (χ1) is 25.3. The monoisotopic (exact) mass is 727 g/mol. The minimum atomic E-state index is -1.02. The molecule has 2 saturated carbocycles. The van der Waals surface area contributed by atoms with Crippen molar-refractivity contribution in [2.75, 3.05) is 6.54 Å². The molecule has 2 aliphatic carbocycles. The molecule has 0 radical (unpaired) electrons. The van der Waals surface area contributed by atoms with Gasteiger partial charge >= 0.3 is 0 Å². The highest BCUT2D eigenvalue weighted by atomic mass is 16.2. The van der Waals surface area contributed by atoms with E-state index in [2.05, 4.69) is 31.2 Å². The third-order valence-corrected chi connectivity index (χ3v) is 12.3. The number of nitrogens with zero attached hydrogens (tertiary/aromatic N) is 3. The molecule has 4 N–H and O–H groups in total. The zero-order chi connectivity index (χ0) is 38.1. The lowest BCUT2D eigenvalue weighted by Gasteiger charge is -2.48. The number of carbonyl (C=O) groups is 6. The predicted molar refractivity (Wildman–Crippen MR) is 196 cm³/mol. The predicted octanol–water partition coefficient (Wildman–Crippen LogP) is 3.26. The van der Waals surface area contributed by atoms with Crippen LogP contribution in [0.5, 0.6) is 0 Å². The summed E-state index contributed by atoms with van der Waals surface area (Å²) in [6.45, 7) is 9.68. The van der Waals surface area contributed by atoms with Gasteiger partial charge < -0.3 is 26.2 Å². The van der Waals surface area contributed by atoms with Gasteiger partial charge in [0.15, 0.2) is 0 Å². The van der Waals surface area contributed by atoms with Gasteiger partial charge in [0.05, 0.1) is 12.2 Å². The van der Waals surface area contributed by atoms with Crippen molar-refractivity contribution in [1.29, 1.82) is 0 Å². The molecular weight excluding hydrogens is 674 g/mol. The Bertz CT molecular complexity index is 1710. The Kier molecular flexibility index (Phi) is 11.0. The summed E-state index contributed by atoms with van der Waals surface area (Å²) in [5, 5.41) is 11.6. The molecule has 8 atom stereocenters. The van der Waals surface area contributed by atoms with Gasteiger partial charge in [-0.25, -0.2) is 4.98 Å². The van der Waals surface area contributed by atoms with Gasteiger partial charge in [0.1, 0.15) is 29.9 Å². The Morgan fingerprint density at radius 3 is 2.34 bits per heavy atom. The van der Waals surface area contributed by atoms with E-state index in [1.54, 1.807) is 4.90 Å². The van der Waals surface area contributed by atoms with E-state index in [9.17, 15) is 28.8 Å². The van der Waals surface area contributed by atoms with Crippen LogP contribution in [-0.2, 0) is 24.0 Å². The van der Waals surface area contributed by atoms with Crippen molar-refractivity contribution >= 4 is 35.3 Å². The molecule has 13 heteroatoms. The molecule has 53 heavy (non-hydrogen) atoms. The van der Waals surface area contributed by atoms with Crippen LogP contribution in [0.25, 0.3) is 0 Å². The Hall–Kier alpha value is -4.68. The van der Waals surface area contributed by atoms with Crippen molar-refractivity contribution in [2.45, 2.75) is 116 Å². The van der Waals surface area contributed by atoms with E-state index in [1.807, 2.05) is 65.0 Å². The number of rotatable bonds is 11. The van der Waals surface area contributed by atoms with Crippen LogP contribution in [0.4, 0.5) is 0 Å². The maximum atomic E-state index is 14.7. The van der Waals surface area contributed by atoms with Gasteiger partial charge in [0.2, 0.25) is 23.5 Å². The van der Waals surface area contributed by atoms with E-state index in [0.717, 1.165) is 37.7 Å². The lowest BCUT2D eigenvalue weighted by molar-refractivity contribution is -0.153. The first-order valence-corrected chi connectivity index (χ1v) is 19.1. The van der Waals surface area contributed by atoms with E-state index >= 15 is 0 Å². The van der Waals surface area contributed by atoms with Crippen LogP contribution in [0.3, 0.4) is 0 Å². The number of ketones is 1. The number of hydrogen-bond donors (Lipinski definition) is 4. The molecule has 2 saturated heterocycles. The largest absolute Gasteiger partial charge is 0.343 e. The van der Waals surface area contributed by atoms with Gasteiger partial charge in [0, 0.05) is 30.3 Å². The summed E-state index contributed by atoms with van der Waals surface area (Å²) in [6, 6.07) is 5.18. The molecule has 5 amide bonds.